The first-order valence-electron chi connectivity index (χ1n) is 2.09. The predicted octanol–water partition coefficient (Wildman–Crippen LogP) is 1.18. The second kappa shape index (κ2) is 2.04. The minimum atomic E-state index is 1.08. The molecule has 1 fully saturated rings. The van der Waals surface area contributed by atoms with E-state index in [-0.39, 0.29) is 0 Å². The summed E-state index contributed by atoms with van der Waals surface area (Å²) >= 11 is 1.87. The summed E-state index contributed by atoms with van der Waals surface area (Å²) in [5.41, 5.74) is 1.28. The second-order valence-electron chi connectivity index (χ2n) is 1.42. The summed E-state index contributed by atoms with van der Waals surface area (Å²) in [5, 5.41) is 8.07. The molecule has 1 nitrogen and oxygen atoms in total. The Labute approximate surface area is 47.0 Å². The van der Waals surface area contributed by atoms with Crippen molar-refractivity contribution in [3.05, 3.63) is 11.6 Å². The van der Waals surface area contributed by atoms with Crippen LogP contribution in [0.3, 0.4) is 0 Å². The summed E-state index contributed by atoms with van der Waals surface area (Å²) in [5.74, 6) is 2.15. The fourth-order valence-electron chi connectivity index (χ4n) is 0.395. The van der Waals surface area contributed by atoms with Gasteiger partial charge in [-0.2, -0.15) is 17.0 Å². The van der Waals surface area contributed by atoms with E-state index in [0.717, 1.165) is 11.5 Å². The topological polar surface area (TPSA) is 23.8 Å². The zero-order chi connectivity index (χ0) is 5.11. The van der Waals surface area contributed by atoms with Crippen LogP contribution in [-0.4, -0.2) is 11.5 Å². The Balaban J connectivity index is 2.41. The molecule has 7 heavy (non-hydrogen) atoms. The van der Waals surface area contributed by atoms with E-state index in [2.05, 4.69) is 0 Å². The Morgan fingerprint density at radius 1 is 1.71 bits per heavy atom. The van der Waals surface area contributed by atoms with Crippen LogP contribution in [0.2, 0.25) is 0 Å². The summed E-state index contributed by atoms with van der Waals surface area (Å²) in [4.78, 5) is 0. The normalized spacial score (nSPS) is 17.3. The van der Waals surface area contributed by atoms with E-state index in [0.29, 0.717) is 0 Å². The third-order valence-corrected chi connectivity index (χ3v) is 1.99. The third-order valence-electron chi connectivity index (χ3n) is 0.844. The maximum Gasteiger partial charge on any atom is 0.0912 e. The molecule has 2 heteroatoms. The van der Waals surface area contributed by atoms with Crippen molar-refractivity contribution < 1.29 is 0 Å². The number of nitriles is 1. The maximum absolute atomic E-state index is 8.07. The molecule has 0 atom stereocenters. The molecule has 0 spiro atoms. The van der Waals surface area contributed by atoms with Gasteiger partial charge in [0.05, 0.1) is 6.07 Å². The van der Waals surface area contributed by atoms with Crippen molar-refractivity contribution >= 4 is 11.8 Å². The molecule has 1 aliphatic heterocycles. The fraction of sp³-hybridized carbons (Fsp3) is 0.400. The van der Waals surface area contributed by atoms with Crippen LogP contribution in [0.1, 0.15) is 0 Å². The van der Waals surface area contributed by atoms with Crippen molar-refractivity contribution in [2.75, 3.05) is 11.5 Å². The van der Waals surface area contributed by atoms with Crippen molar-refractivity contribution in [1.82, 2.24) is 0 Å². The lowest BCUT2D eigenvalue weighted by Gasteiger charge is -2.12. The first kappa shape index (κ1) is 4.73. The van der Waals surface area contributed by atoms with Crippen molar-refractivity contribution in [2.45, 2.75) is 0 Å². The summed E-state index contributed by atoms with van der Waals surface area (Å²) in [7, 11) is 0. The van der Waals surface area contributed by atoms with Crippen LogP contribution in [0.5, 0.6) is 0 Å². The molecule has 0 aromatic heterocycles. The molecule has 0 aromatic rings. The van der Waals surface area contributed by atoms with Gasteiger partial charge in [-0.1, -0.05) is 0 Å². The molecule has 1 rings (SSSR count). The van der Waals surface area contributed by atoms with Crippen LogP contribution in [0.15, 0.2) is 11.6 Å². The number of nitrogens with zero attached hydrogens (tertiary/aromatic N) is 1. The van der Waals surface area contributed by atoms with E-state index in [1.165, 1.54) is 5.57 Å². The van der Waals surface area contributed by atoms with Gasteiger partial charge in [0.25, 0.3) is 0 Å². The van der Waals surface area contributed by atoms with Crippen LogP contribution < -0.4 is 0 Å². The molecular weight excluding hydrogens is 106 g/mol. The summed E-state index contributed by atoms with van der Waals surface area (Å²) in [6, 6.07) is 1.99. The first-order chi connectivity index (χ1) is 3.43. The van der Waals surface area contributed by atoms with Crippen molar-refractivity contribution in [1.29, 1.82) is 5.26 Å². The van der Waals surface area contributed by atoms with Gasteiger partial charge in [0, 0.05) is 17.6 Å². The Morgan fingerprint density at radius 3 is 2.57 bits per heavy atom. The third kappa shape index (κ3) is 0.971. The van der Waals surface area contributed by atoms with Gasteiger partial charge in [-0.05, 0) is 5.57 Å². The quantitative estimate of drug-likeness (QED) is 0.438. The smallest absolute Gasteiger partial charge is 0.0912 e. The standard InChI is InChI=1S/C5H5NS/c6-2-1-5-3-7-4-5/h1H,3-4H2. The van der Waals surface area contributed by atoms with E-state index >= 15 is 0 Å². The van der Waals surface area contributed by atoms with E-state index in [4.69, 9.17) is 5.26 Å². The van der Waals surface area contributed by atoms with Gasteiger partial charge < -0.3 is 0 Å². The van der Waals surface area contributed by atoms with Gasteiger partial charge >= 0.3 is 0 Å². The highest BCUT2D eigenvalue weighted by Gasteiger charge is 2.06. The summed E-state index contributed by atoms with van der Waals surface area (Å²) in [6.07, 6.45) is 1.64. The molecule has 0 aromatic carbocycles. The molecule has 0 bridgehead atoms. The molecule has 0 radical (unpaired) electrons. The van der Waals surface area contributed by atoms with Gasteiger partial charge in [-0.3, -0.25) is 0 Å². The Morgan fingerprint density at radius 2 is 2.43 bits per heavy atom. The zero-order valence-electron chi connectivity index (χ0n) is 3.85. The number of hydrogen-bond acceptors (Lipinski definition) is 2. The van der Waals surface area contributed by atoms with Gasteiger partial charge in [-0.25, -0.2) is 0 Å². The molecular formula is C5H5NS. The largest absolute Gasteiger partial charge is 0.193 e. The predicted molar refractivity (Wildman–Crippen MR) is 31.0 cm³/mol. The number of allylic oxidation sites excluding steroid dienone is 1. The van der Waals surface area contributed by atoms with Gasteiger partial charge in [0.2, 0.25) is 0 Å². The lowest BCUT2D eigenvalue weighted by atomic mass is 10.3. The Kier molecular flexibility index (Phi) is 1.38. The van der Waals surface area contributed by atoms with Gasteiger partial charge in [0.1, 0.15) is 0 Å². The fourth-order valence-corrected chi connectivity index (χ4v) is 1.00. The number of thioether (sulfide) groups is 1. The molecule has 0 saturated carbocycles. The van der Waals surface area contributed by atoms with E-state index < -0.39 is 0 Å². The molecule has 0 N–H and O–H groups in total. The van der Waals surface area contributed by atoms with E-state index in [9.17, 15) is 0 Å². The summed E-state index contributed by atoms with van der Waals surface area (Å²) in [6.45, 7) is 0. The van der Waals surface area contributed by atoms with Crippen molar-refractivity contribution in [2.24, 2.45) is 0 Å². The molecule has 0 unspecified atom stereocenters. The van der Waals surface area contributed by atoms with E-state index in [1.54, 1.807) is 6.08 Å². The summed E-state index contributed by atoms with van der Waals surface area (Å²) < 4.78 is 0. The van der Waals surface area contributed by atoms with Gasteiger partial charge in [-0.15, -0.1) is 0 Å². The van der Waals surface area contributed by atoms with Crippen LogP contribution in [0, 0.1) is 11.3 Å². The lowest BCUT2D eigenvalue weighted by Crippen LogP contribution is -2.02. The molecule has 36 valence electrons. The highest BCUT2D eigenvalue weighted by Crippen LogP contribution is 2.22. The molecule has 1 aliphatic rings. The van der Waals surface area contributed by atoms with Crippen LogP contribution in [0.4, 0.5) is 0 Å². The van der Waals surface area contributed by atoms with E-state index in [1.807, 2.05) is 17.8 Å². The monoisotopic (exact) mass is 111 g/mol. The SMILES string of the molecule is N#CC=C1CSC1. The molecule has 0 aliphatic carbocycles. The average molecular weight is 111 g/mol. The maximum atomic E-state index is 8.07. The van der Waals surface area contributed by atoms with Crippen molar-refractivity contribution in [3.63, 3.8) is 0 Å². The Hall–Kier alpha value is -0.420. The van der Waals surface area contributed by atoms with Crippen LogP contribution in [0.25, 0.3) is 0 Å². The zero-order valence-corrected chi connectivity index (χ0v) is 4.66. The van der Waals surface area contributed by atoms with Gasteiger partial charge in [0.15, 0.2) is 0 Å². The highest BCUT2D eigenvalue weighted by atomic mass is 32.2. The molecule has 1 heterocycles. The minimum Gasteiger partial charge on any atom is -0.193 e. The number of rotatable bonds is 0. The molecule has 1 saturated heterocycles. The van der Waals surface area contributed by atoms with Crippen molar-refractivity contribution in [3.8, 4) is 6.07 Å². The second-order valence-corrected chi connectivity index (χ2v) is 2.41. The number of hydrogen-bond donors (Lipinski definition) is 0. The first-order valence-corrected chi connectivity index (χ1v) is 3.24. The van der Waals surface area contributed by atoms with Crippen LogP contribution >= 0.6 is 11.8 Å². The Bertz CT molecular complexity index is 126. The highest BCUT2D eigenvalue weighted by molar-refractivity contribution is 8.01. The minimum absolute atomic E-state index is 1.08. The average Bonchev–Trinajstić information content (AvgIpc) is 1.55. The lowest BCUT2D eigenvalue weighted by molar-refractivity contribution is 1.35. The van der Waals surface area contributed by atoms with Crippen LogP contribution in [-0.2, 0) is 0 Å². The molecule has 0 amide bonds.